The van der Waals surface area contributed by atoms with Gasteiger partial charge in [0.25, 0.3) is 0 Å². The van der Waals surface area contributed by atoms with Crippen molar-refractivity contribution in [2.24, 2.45) is 0 Å². The van der Waals surface area contributed by atoms with Gasteiger partial charge in [-0.3, -0.25) is 5.01 Å². The van der Waals surface area contributed by atoms with Crippen LogP contribution in [-0.2, 0) is 0 Å². The zero-order valence-corrected chi connectivity index (χ0v) is 8.26. The molecule has 1 aliphatic rings. The highest BCUT2D eigenvalue weighted by Gasteiger charge is 2.27. The van der Waals surface area contributed by atoms with Gasteiger partial charge in [0.2, 0.25) is 0 Å². The molecule has 0 spiro atoms. The minimum Gasteiger partial charge on any atom is -0.302 e. The van der Waals surface area contributed by atoms with E-state index in [2.05, 4.69) is 48.9 Å². The number of nitrogens with zero attached hydrogens (tertiary/aromatic N) is 1. The summed E-state index contributed by atoms with van der Waals surface area (Å²) in [4.78, 5) is 0. The van der Waals surface area contributed by atoms with Crippen LogP contribution in [0.15, 0.2) is 24.3 Å². The lowest BCUT2D eigenvalue weighted by atomic mass is 10.1. The molecule has 1 aromatic rings. The van der Waals surface area contributed by atoms with Crippen molar-refractivity contribution >= 4 is 11.4 Å². The van der Waals surface area contributed by atoms with E-state index in [1.807, 2.05) is 12.1 Å². The monoisotopic (exact) mass is 177 g/mol. The molecule has 0 fully saturated rings. The molecule has 2 rings (SSSR count). The van der Waals surface area contributed by atoms with Crippen LogP contribution in [0, 0.1) is 0 Å². The molecule has 3 heteroatoms. The van der Waals surface area contributed by atoms with E-state index in [0.717, 1.165) is 5.69 Å². The Balaban J connectivity index is 2.39. The first-order valence-corrected chi connectivity index (χ1v) is 4.50. The molecule has 0 saturated carbocycles. The summed E-state index contributed by atoms with van der Waals surface area (Å²) in [5.41, 5.74) is 8.70. The van der Waals surface area contributed by atoms with Crippen molar-refractivity contribution in [1.82, 2.24) is 5.53 Å². The highest BCUT2D eigenvalue weighted by molar-refractivity contribution is 5.73. The summed E-state index contributed by atoms with van der Waals surface area (Å²) in [6.07, 6.45) is 0. The Kier molecular flexibility index (Phi) is 1.70. The molecule has 2 N–H and O–H groups in total. The second-order valence-corrected chi connectivity index (χ2v) is 4.26. The minimum atomic E-state index is 0.0829. The fraction of sp³-hybridized carbons (Fsp3) is 0.400. The zero-order valence-electron chi connectivity index (χ0n) is 8.26. The molecule has 1 aromatic carbocycles. The van der Waals surface area contributed by atoms with E-state index < -0.39 is 0 Å². The number of nitrogens with one attached hydrogen (secondary N) is 2. The van der Waals surface area contributed by atoms with E-state index in [0.29, 0.717) is 0 Å². The molecule has 0 saturated heterocycles. The van der Waals surface area contributed by atoms with Crippen molar-refractivity contribution < 1.29 is 0 Å². The molecular formula is C10H15N3. The molecule has 70 valence electrons. The average molecular weight is 177 g/mol. The number of hydrogen-bond acceptors (Lipinski definition) is 3. The predicted molar refractivity (Wildman–Crippen MR) is 55.4 cm³/mol. The normalized spacial score (nSPS) is 15.5. The molecule has 3 nitrogen and oxygen atoms in total. The van der Waals surface area contributed by atoms with E-state index in [1.165, 1.54) is 5.69 Å². The predicted octanol–water partition coefficient (Wildman–Crippen LogP) is 2.14. The topological polar surface area (TPSA) is 27.3 Å². The standard InChI is InChI=1S/C10H15N3/c1-10(2,3)13-9-7-5-4-6-8(9)11-12-13/h4-7,11-12H,1-3H3. The molecule has 0 bridgehead atoms. The Morgan fingerprint density at radius 3 is 2.54 bits per heavy atom. The van der Waals surface area contributed by atoms with Gasteiger partial charge in [0.15, 0.2) is 0 Å². The maximum Gasteiger partial charge on any atom is 0.0789 e. The zero-order chi connectivity index (χ0) is 9.47. The van der Waals surface area contributed by atoms with Crippen LogP contribution in [0.1, 0.15) is 20.8 Å². The molecule has 0 radical (unpaired) electrons. The van der Waals surface area contributed by atoms with Crippen LogP contribution >= 0.6 is 0 Å². The van der Waals surface area contributed by atoms with Gasteiger partial charge < -0.3 is 5.43 Å². The number of hydrogen-bond donors (Lipinski definition) is 2. The van der Waals surface area contributed by atoms with Crippen molar-refractivity contribution in [3.05, 3.63) is 24.3 Å². The Labute approximate surface area is 78.7 Å². The molecule has 0 unspecified atom stereocenters. The summed E-state index contributed by atoms with van der Waals surface area (Å²) in [6.45, 7) is 6.51. The number of para-hydroxylation sites is 2. The Morgan fingerprint density at radius 2 is 1.85 bits per heavy atom. The summed E-state index contributed by atoms with van der Waals surface area (Å²) < 4.78 is 0. The number of fused-ring (bicyclic) bond motifs is 1. The Hall–Kier alpha value is -1.22. The first kappa shape index (κ1) is 8.38. The van der Waals surface area contributed by atoms with Crippen molar-refractivity contribution in [3.8, 4) is 0 Å². The number of anilines is 2. The molecular weight excluding hydrogens is 162 g/mol. The quantitative estimate of drug-likeness (QED) is 0.635. The van der Waals surface area contributed by atoms with Crippen LogP contribution < -0.4 is 16.0 Å². The van der Waals surface area contributed by atoms with Crippen LogP contribution in [0.4, 0.5) is 11.4 Å². The Bertz CT molecular complexity index is 314. The second-order valence-electron chi connectivity index (χ2n) is 4.26. The van der Waals surface area contributed by atoms with Crippen molar-refractivity contribution in [1.29, 1.82) is 0 Å². The van der Waals surface area contributed by atoms with Crippen molar-refractivity contribution in [2.75, 3.05) is 10.4 Å². The minimum absolute atomic E-state index is 0.0829. The molecule has 13 heavy (non-hydrogen) atoms. The van der Waals surface area contributed by atoms with Gasteiger partial charge in [-0.2, -0.15) is 0 Å². The lowest BCUT2D eigenvalue weighted by Gasteiger charge is -2.32. The van der Waals surface area contributed by atoms with Gasteiger partial charge in [-0.1, -0.05) is 12.1 Å². The van der Waals surface area contributed by atoms with Crippen LogP contribution in [0.3, 0.4) is 0 Å². The lowest BCUT2D eigenvalue weighted by molar-refractivity contribution is 0.474. The number of benzene rings is 1. The average Bonchev–Trinajstić information content (AvgIpc) is 2.45. The first-order valence-electron chi connectivity index (χ1n) is 4.50. The summed E-state index contributed by atoms with van der Waals surface area (Å²) >= 11 is 0. The fourth-order valence-electron chi connectivity index (χ4n) is 1.48. The SMILES string of the molecule is CC(C)(C)N1NNc2ccccc21. The third-order valence-corrected chi connectivity index (χ3v) is 2.12. The van der Waals surface area contributed by atoms with Gasteiger partial charge in [-0.15, -0.1) is 5.53 Å². The Morgan fingerprint density at radius 1 is 1.15 bits per heavy atom. The van der Waals surface area contributed by atoms with Gasteiger partial charge in [0, 0.05) is 5.54 Å². The third kappa shape index (κ3) is 1.35. The first-order chi connectivity index (χ1) is 6.09. The van der Waals surface area contributed by atoms with Crippen LogP contribution in [0.5, 0.6) is 0 Å². The van der Waals surface area contributed by atoms with Gasteiger partial charge in [0.1, 0.15) is 0 Å². The maximum absolute atomic E-state index is 3.15. The summed E-state index contributed by atoms with van der Waals surface area (Å²) in [6, 6.07) is 8.24. The van der Waals surface area contributed by atoms with E-state index in [-0.39, 0.29) is 5.54 Å². The van der Waals surface area contributed by atoms with Gasteiger partial charge >= 0.3 is 0 Å². The smallest absolute Gasteiger partial charge is 0.0789 e. The van der Waals surface area contributed by atoms with E-state index in [4.69, 9.17) is 0 Å². The summed E-state index contributed by atoms with van der Waals surface area (Å²) in [5, 5.41) is 2.13. The van der Waals surface area contributed by atoms with Gasteiger partial charge in [-0.25, -0.2) is 0 Å². The van der Waals surface area contributed by atoms with E-state index in [1.54, 1.807) is 0 Å². The molecule has 1 aliphatic heterocycles. The summed E-state index contributed by atoms with van der Waals surface area (Å²) in [7, 11) is 0. The highest BCUT2D eigenvalue weighted by Crippen LogP contribution is 2.32. The van der Waals surface area contributed by atoms with Crippen LogP contribution in [0.2, 0.25) is 0 Å². The lowest BCUT2D eigenvalue weighted by Crippen LogP contribution is -2.49. The summed E-state index contributed by atoms with van der Waals surface area (Å²) in [5.74, 6) is 0. The second kappa shape index (κ2) is 2.64. The van der Waals surface area contributed by atoms with E-state index in [9.17, 15) is 0 Å². The highest BCUT2D eigenvalue weighted by atomic mass is 15.7. The number of hydrazine groups is 2. The van der Waals surface area contributed by atoms with Gasteiger partial charge in [-0.05, 0) is 32.9 Å². The molecule has 1 heterocycles. The molecule has 0 amide bonds. The maximum atomic E-state index is 3.15. The van der Waals surface area contributed by atoms with Crippen molar-refractivity contribution in [2.45, 2.75) is 26.3 Å². The largest absolute Gasteiger partial charge is 0.302 e. The van der Waals surface area contributed by atoms with Crippen LogP contribution in [-0.4, -0.2) is 5.54 Å². The molecule has 0 aliphatic carbocycles. The fourth-order valence-corrected chi connectivity index (χ4v) is 1.48. The van der Waals surface area contributed by atoms with Gasteiger partial charge in [0.05, 0.1) is 11.4 Å². The number of rotatable bonds is 0. The molecule has 0 aromatic heterocycles. The van der Waals surface area contributed by atoms with Crippen molar-refractivity contribution in [3.63, 3.8) is 0 Å². The van der Waals surface area contributed by atoms with Crippen LogP contribution in [0.25, 0.3) is 0 Å². The van der Waals surface area contributed by atoms with E-state index >= 15 is 0 Å². The third-order valence-electron chi connectivity index (χ3n) is 2.12. The molecule has 0 atom stereocenters.